The first-order valence-corrected chi connectivity index (χ1v) is 8.50. The van der Waals surface area contributed by atoms with Gasteiger partial charge in [-0.05, 0) is 24.3 Å². The quantitative estimate of drug-likeness (QED) is 0.675. The van der Waals surface area contributed by atoms with E-state index in [0.29, 0.717) is 5.69 Å². The van der Waals surface area contributed by atoms with Crippen LogP contribution >= 0.6 is 0 Å². The Hall–Kier alpha value is -2.46. The molecule has 0 spiro atoms. The summed E-state index contributed by atoms with van der Waals surface area (Å²) >= 11 is 0. The van der Waals surface area contributed by atoms with Crippen molar-refractivity contribution >= 4 is 33.6 Å². The van der Waals surface area contributed by atoms with Crippen molar-refractivity contribution in [2.75, 3.05) is 18.5 Å². The second-order valence-electron chi connectivity index (χ2n) is 4.96. The number of esters is 2. The second-order valence-corrected chi connectivity index (χ2v) is 6.73. The minimum absolute atomic E-state index is 0.0790. The molecule has 1 aliphatic rings. The van der Waals surface area contributed by atoms with Gasteiger partial charge in [-0.15, -0.1) is 0 Å². The third-order valence-corrected chi connectivity index (χ3v) is 4.47. The molecule has 0 saturated carbocycles. The predicted octanol–water partition coefficient (Wildman–Crippen LogP) is -0.218. The van der Waals surface area contributed by atoms with Gasteiger partial charge in [-0.3, -0.25) is 9.59 Å². The average molecular weight is 356 g/mol. The summed E-state index contributed by atoms with van der Waals surface area (Å²) in [4.78, 5) is 33.6. The van der Waals surface area contributed by atoms with Crippen molar-refractivity contribution in [3.63, 3.8) is 0 Å². The van der Waals surface area contributed by atoms with Crippen molar-refractivity contribution in [1.29, 1.82) is 0 Å². The molecule has 0 aromatic heterocycles. The summed E-state index contributed by atoms with van der Waals surface area (Å²) in [5.74, 6) is -1.80. The van der Waals surface area contributed by atoms with Crippen molar-refractivity contribution < 1.29 is 32.3 Å². The van der Waals surface area contributed by atoms with Gasteiger partial charge < -0.3 is 14.8 Å². The van der Waals surface area contributed by atoms with Gasteiger partial charge >= 0.3 is 11.9 Å². The zero-order valence-electron chi connectivity index (χ0n) is 12.8. The first-order valence-electron chi connectivity index (χ1n) is 7.01. The number of hydrogen-bond acceptors (Lipinski definition) is 7. The van der Waals surface area contributed by atoms with Gasteiger partial charge in [0.15, 0.2) is 0 Å². The molecule has 130 valence electrons. The summed E-state index contributed by atoms with van der Waals surface area (Å²) in [6.45, 7) is 0.890. The summed E-state index contributed by atoms with van der Waals surface area (Å²) < 4.78 is 35.7. The smallest absolute Gasteiger partial charge is 0.347 e. The highest BCUT2D eigenvalue weighted by Gasteiger charge is 2.30. The number of carbonyl (C=O) groups is 3. The van der Waals surface area contributed by atoms with E-state index in [1.165, 1.54) is 31.2 Å². The van der Waals surface area contributed by atoms with Gasteiger partial charge in [0.2, 0.25) is 22.0 Å². The minimum atomic E-state index is -3.93. The van der Waals surface area contributed by atoms with Crippen molar-refractivity contribution in [2.24, 2.45) is 0 Å². The third kappa shape index (κ3) is 4.77. The van der Waals surface area contributed by atoms with E-state index in [0.717, 1.165) is 0 Å². The summed E-state index contributed by atoms with van der Waals surface area (Å²) in [5.41, 5.74) is 0.445. The highest BCUT2D eigenvalue weighted by molar-refractivity contribution is 7.89. The lowest BCUT2D eigenvalue weighted by atomic mass is 10.3. The maximum atomic E-state index is 12.1. The van der Waals surface area contributed by atoms with Crippen LogP contribution in [0.4, 0.5) is 5.69 Å². The fraction of sp³-hybridized carbons (Fsp3) is 0.357. The molecule has 1 aliphatic heterocycles. The Balaban J connectivity index is 1.91. The van der Waals surface area contributed by atoms with Crippen LogP contribution in [0.15, 0.2) is 29.2 Å². The van der Waals surface area contributed by atoms with E-state index < -0.39 is 34.6 Å². The van der Waals surface area contributed by atoms with Gasteiger partial charge in [0, 0.05) is 19.0 Å². The van der Waals surface area contributed by atoms with Gasteiger partial charge in [0.05, 0.1) is 11.5 Å². The molecular formula is C14H16N2O7S. The van der Waals surface area contributed by atoms with E-state index in [1.54, 1.807) is 0 Å². The molecule has 2 rings (SSSR count). The Bertz CT molecular complexity index is 743. The molecule has 1 aromatic rings. The lowest BCUT2D eigenvalue weighted by molar-refractivity contribution is -0.159. The zero-order chi connectivity index (χ0) is 17.7. The molecule has 1 heterocycles. The molecule has 1 atom stereocenters. The van der Waals surface area contributed by atoms with Gasteiger partial charge in [-0.25, -0.2) is 13.2 Å². The summed E-state index contributed by atoms with van der Waals surface area (Å²) in [7, 11) is -3.93. The number of carbonyl (C=O) groups excluding carboxylic acids is 3. The summed E-state index contributed by atoms with van der Waals surface area (Å²) in [5, 5.41) is 2.51. The number of sulfonamides is 1. The number of amides is 1. The Kier molecular flexibility index (Phi) is 5.52. The van der Waals surface area contributed by atoms with Crippen LogP contribution in [0.1, 0.15) is 13.3 Å². The fourth-order valence-corrected chi connectivity index (χ4v) is 2.91. The maximum Gasteiger partial charge on any atom is 0.347 e. The lowest BCUT2D eigenvalue weighted by Crippen LogP contribution is -2.33. The number of rotatable bonds is 6. The number of hydrogen-bond donors (Lipinski definition) is 2. The summed E-state index contributed by atoms with van der Waals surface area (Å²) in [6.07, 6.45) is -0.735. The van der Waals surface area contributed by atoms with Gasteiger partial charge in [-0.2, -0.15) is 4.72 Å². The summed E-state index contributed by atoms with van der Waals surface area (Å²) in [6, 6.07) is 5.41. The van der Waals surface area contributed by atoms with E-state index in [4.69, 9.17) is 4.74 Å². The maximum absolute atomic E-state index is 12.1. The molecule has 0 aliphatic carbocycles. The van der Waals surface area contributed by atoms with E-state index in [1.807, 2.05) is 0 Å². The van der Waals surface area contributed by atoms with Crippen LogP contribution in [0.5, 0.6) is 0 Å². The third-order valence-electron chi connectivity index (χ3n) is 3.05. The molecule has 0 bridgehead atoms. The first kappa shape index (κ1) is 17.9. The van der Waals surface area contributed by atoms with Crippen molar-refractivity contribution in [3.05, 3.63) is 24.3 Å². The van der Waals surface area contributed by atoms with Gasteiger partial charge in [-0.1, -0.05) is 0 Å². The Morgan fingerprint density at radius 1 is 1.29 bits per heavy atom. The second kappa shape index (κ2) is 7.41. The normalized spacial score (nSPS) is 17.2. The topological polar surface area (TPSA) is 128 Å². The van der Waals surface area contributed by atoms with Crippen LogP contribution in [0.2, 0.25) is 0 Å². The molecule has 0 radical (unpaired) electrons. The number of cyclic esters (lactones) is 1. The molecule has 0 unspecified atom stereocenters. The molecule has 2 N–H and O–H groups in total. The monoisotopic (exact) mass is 356 g/mol. The molecular weight excluding hydrogens is 340 g/mol. The molecule has 9 nitrogen and oxygen atoms in total. The predicted molar refractivity (Wildman–Crippen MR) is 81.4 cm³/mol. The number of benzene rings is 1. The molecule has 1 aromatic carbocycles. The fourth-order valence-electron chi connectivity index (χ4n) is 1.94. The van der Waals surface area contributed by atoms with E-state index in [-0.39, 0.29) is 23.8 Å². The largest absolute Gasteiger partial charge is 0.463 e. The van der Waals surface area contributed by atoms with Crippen molar-refractivity contribution in [2.45, 2.75) is 24.3 Å². The van der Waals surface area contributed by atoms with Crippen LogP contribution in [-0.2, 0) is 33.9 Å². The highest BCUT2D eigenvalue weighted by Crippen LogP contribution is 2.14. The van der Waals surface area contributed by atoms with Crippen LogP contribution in [0.3, 0.4) is 0 Å². The lowest BCUT2D eigenvalue weighted by Gasteiger charge is -2.10. The number of ether oxygens (including phenoxy) is 2. The zero-order valence-corrected chi connectivity index (χ0v) is 13.6. The Labute approximate surface area is 138 Å². The standard InChI is InChI=1S/C14H16N2O7S/c1-9(17)16-10-2-4-11(5-3-10)24(20,21)15-8-13(18)23-12-6-7-22-14(12)19/h2-5,12,15H,6-8H2,1H3,(H,16,17)/t12-/m0/s1. The average Bonchev–Trinajstić information content (AvgIpc) is 2.90. The number of anilines is 1. The van der Waals surface area contributed by atoms with E-state index >= 15 is 0 Å². The van der Waals surface area contributed by atoms with Crippen molar-refractivity contribution in [1.82, 2.24) is 4.72 Å². The SMILES string of the molecule is CC(=O)Nc1ccc(S(=O)(=O)NCC(=O)O[C@H]2CCOC2=O)cc1. The van der Waals surface area contributed by atoms with E-state index in [9.17, 15) is 22.8 Å². The molecule has 1 fully saturated rings. The Morgan fingerprint density at radius 3 is 2.50 bits per heavy atom. The van der Waals surface area contributed by atoms with E-state index in [2.05, 4.69) is 14.8 Å². The van der Waals surface area contributed by atoms with Crippen LogP contribution in [0, 0.1) is 0 Å². The van der Waals surface area contributed by atoms with Crippen LogP contribution < -0.4 is 10.0 Å². The van der Waals surface area contributed by atoms with Gasteiger partial charge in [0.25, 0.3) is 0 Å². The minimum Gasteiger partial charge on any atom is -0.463 e. The molecule has 1 amide bonds. The molecule has 1 saturated heterocycles. The van der Waals surface area contributed by atoms with Crippen LogP contribution in [0.25, 0.3) is 0 Å². The Morgan fingerprint density at radius 2 is 1.96 bits per heavy atom. The highest BCUT2D eigenvalue weighted by atomic mass is 32.2. The molecule has 10 heteroatoms. The molecule has 24 heavy (non-hydrogen) atoms. The number of nitrogens with one attached hydrogen (secondary N) is 2. The first-order chi connectivity index (χ1) is 11.3. The van der Waals surface area contributed by atoms with Gasteiger partial charge in [0.1, 0.15) is 6.54 Å². The van der Waals surface area contributed by atoms with Crippen molar-refractivity contribution in [3.8, 4) is 0 Å². The van der Waals surface area contributed by atoms with Crippen LogP contribution in [-0.4, -0.2) is 45.5 Å².